The molecule has 0 spiro atoms. The van der Waals surface area contributed by atoms with Gasteiger partial charge in [-0.05, 0) is 30.2 Å². The number of aromatic nitrogens is 1. The minimum absolute atomic E-state index is 1.08. The van der Waals surface area contributed by atoms with E-state index in [1.807, 2.05) is 7.05 Å². The minimum atomic E-state index is 1.08. The summed E-state index contributed by atoms with van der Waals surface area (Å²) >= 11 is 0. The van der Waals surface area contributed by atoms with Gasteiger partial charge in [-0.3, -0.25) is 0 Å². The van der Waals surface area contributed by atoms with Crippen LogP contribution in [0.4, 0.5) is 5.69 Å². The SMILES string of the molecule is CCc1c[nH]c2ccc(NC)cc12. The quantitative estimate of drug-likeness (QED) is 0.719. The summed E-state index contributed by atoms with van der Waals surface area (Å²) in [6.07, 6.45) is 3.16. The molecule has 1 aromatic heterocycles. The molecule has 0 amide bonds. The van der Waals surface area contributed by atoms with Crippen LogP contribution in [-0.4, -0.2) is 12.0 Å². The first kappa shape index (κ1) is 8.17. The monoisotopic (exact) mass is 174 g/mol. The Balaban J connectivity index is 2.64. The van der Waals surface area contributed by atoms with Gasteiger partial charge in [0.25, 0.3) is 0 Å². The van der Waals surface area contributed by atoms with Crippen molar-refractivity contribution in [3.63, 3.8) is 0 Å². The summed E-state index contributed by atoms with van der Waals surface area (Å²) < 4.78 is 0. The molecule has 0 aliphatic carbocycles. The molecule has 2 N–H and O–H groups in total. The van der Waals surface area contributed by atoms with Crippen LogP contribution in [0.3, 0.4) is 0 Å². The molecule has 0 atom stereocenters. The summed E-state index contributed by atoms with van der Waals surface area (Å²) in [4.78, 5) is 3.26. The molecule has 68 valence electrons. The largest absolute Gasteiger partial charge is 0.388 e. The van der Waals surface area contributed by atoms with Gasteiger partial charge in [-0.1, -0.05) is 6.92 Å². The summed E-state index contributed by atoms with van der Waals surface area (Å²) in [5.74, 6) is 0. The predicted octanol–water partition coefficient (Wildman–Crippen LogP) is 2.77. The predicted molar refractivity (Wildman–Crippen MR) is 57.2 cm³/mol. The van der Waals surface area contributed by atoms with E-state index in [1.165, 1.54) is 22.2 Å². The molecule has 0 saturated heterocycles. The molecular weight excluding hydrogens is 160 g/mol. The molecule has 0 bridgehead atoms. The van der Waals surface area contributed by atoms with Gasteiger partial charge < -0.3 is 10.3 Å². The van der Waals surface area contributed by atoms with Crippen molar-refractivity contribution in [3.8, 4) is 0 Å². The standard InChI is InChI=1S/C11H14N2/c1-3-8-7-13-11-5-4-9(12-2)6-10(8)11/h4-7,12-13H,3H2,1-2H3. The molecule has 13 heavy (non-hydrogen) atoms. The normalized spacial score (nSPS) is 10.6. The number of hydrogen-bond acceptors (Lipinski definition) is 1. The van der Waals surface area contributed by atoms with Crippen molar-refractivity contribution in [2.75, 3.05) is 12.4 Å². The Hall–Kier alpha value is -1.44. The molecule has 2 heteroatoms. The first-order valence-corrected chi connectivity index (χ1v) is 4.63. The molecule has 1 aromatic carbocycles. The Morgan fingerprint density at radius 1 is 1.38 bits per heavy atom. The van der Waals surface area contributed by atoms with Gasteiger partial charge in [0, 0.05) is 29.8 Å². The van der Waals surface area contributed by atoms with Crippen LogP contribution in [-0.2, 0) is 6.42 Å². The average Bonchev–Trinajstić information content (AvgIpc) is 2.59. The van der Waals surface area contributed by atoms with Crippen LogP contribution in [0.25, 0.3) is 10.9 Å². The van der Waals surface area contributed by atoms with Crippen LogP contribution in [0.15, 0.2) is 24.4 Å². The Morgan fingerprint density at radius 3 is 2.92 bits per heavy atom. The van der Waals surface area contributed by atoms with Crippen LogP contribution in [0.1, 0.15) is 12.5 Å². The second-order valence-electron chi connectivity index (χ2n) is 3.18. The van der Waals surface area contributed by atoms with Gasteiger partial charge in [0.05, 0.1) is 0 Å². The van der Waals surface area contributed by atoms with E-state index in [2.05, 4.69) is 41.6 Å². The van der Waals surface area contributed by atoms with Gasteiger partial charge >= 0.3 is 0 Å². The maximum atomic E-state index is 3.26. The van der Waals surface area contributed by atoms with Crippen LogP contribution >= 0.6 is 0 Å². The number of fused-ring (bicyclic) bond motifs is 1. The number of aromatic amines is 1. The van der Waals surface area contributed by atoms with E-state index in [-0.39, 0.29) is 0 Å². The van der Waals surface area contributed by atoms with E-state index in [4.69, 9.17) is 0 Å². The third kappa shape index (κ3) is 1.28. The highest BCUT2D eigenvalue weighted by Gasteiger charge is 2.01. The van der Waals surface area contributed by atoms with E-state index in [9.17, 15) is 0 Å². The zero-order valence-electron chi connectivity index (χ0n) is 8.02. The second kappa shape index (κ2) is 3.13. The molecule has 0 radical (unpaired) electrons. The molecule has 0 unspecified atom stereocenters. The van der Waals surface area contributed by atoms with Crippen LogP contribution in [0, 0.1) is 0 Å². The zero-order chi connectivity index (χ0) is 9.26. The highest BCUT2D eigenvalue weighted by Crippen LogP contribution is 2.22. The van der Waals surface area contributed by atoms with Crippen molar-refractivity contribution in [2.45, 2.75) is 13.3 Å². The number of benzene rings is 1. The lowest BCUT2D eigenvalue weighted by atomic mass is 10.1. The third-order valence-corrected chi connectivity index (χ3v) is 2.44. The maximum Gasteiger partial charge on any atom is 0.0458 e. The molecule has 1 heterocycles. The van der Waals surface area contributed by atoms with Crippen molar-refractivity contribution in [3.05, 3.63) is 30.0 Å². The topological polar surface area (TPSA) is 27.8 Å². The van der Waals surface area contributed by atoms with Crippen molar-refractivity contribution in [2.24, 2.45) is 0 Å². The van der Waals surface area contributed by atoms with Gasteiger partial charge in [0.1, 0.15) is 0 Å². The summed E-state index contributed by atoms with van der Waals surface area (Å²) in [7, 11) is 1.94. The Labute approximate surface area is 78.0 Å². The van der Waals surface area contributed by atoms with Gasteiger partial charge in [0.2, 0.25) is 0 Å². The van der Waals surface area contributed by atoms with Crippen LogP contribution < -0.4 is 5.32 Å². The minimum Gasteiger partial charge on any atom is -0.388 e. The molecule has 0 saturated carbocycles. The lowest BCUT2D eigenvalue weighted by Gasteiger charge is -2.00. The van der Waals surface area contributed by atoms with Crippen molar-refractivity contribution in [1.82, 2.24) is 4.98 Å². The van der Waals surface area contributed by atoms with E-state index in [1.54, 1.807) is 0 Å². The third-order valence-electron chi connectivity index (χ3n) is 2.44. The molecule has 2 nitrogen and oxygen atoms in total. The highest BCUT2D eigenvalue weighted by molar-refractivity contribution is 5.86. The molecule has 2 aromatic rings. The molecule has 2 rings (SSSR count). The molecular formula is C11H14N2. The van der Waals surface area contributed by atoms with Gasteiger partial charge in [0.15, 0.2) is 0 Å². The van der Waals surface area contributed by atoms with E-state index in [0.717, 1.165) is 6.42 Å². The van der Waals surface area contributed by atoms with Gasteiger partial charge in [-0.15, -0.1) is 0 Å². The van der Waals surface area contributed by atoms with Crippen molar-refractivity contribution in [1.29, 1.82) is 0 Å². The first-order chi connectivity index (χ1) is 6.35. The fourth-order valence-corrected chi connectivity index (χ4v) is 1.63. The first-order valence-electron chi connectivity index (χ1n) is 4.63. The van der Waals surface area contributed by atoms with Crippen molar-refractivity contribution >= 4 is 16.6 Å². The van der Waals surface area contributed by atoms with Crippen LogP contribution in [0.5, 0.6) is 0 Å². The number of nitrogens with one attached hydrogen (secondary N) is 2. The molecule has 0 aliphatic heterocycles. The molecule has 0 fully saturated rings. The Morgan fingerprint density at radius 2 is 2.23 bits per heavy atom. The highest BCUT2D eigenvalue weighted by atomic mass is 14.8. The second-order valence-corrected chi connectivity index (χ2v) is 3.18. The number of H-pyrrole nitrogens is 1. The zero-order valence-corrected chi connectivity index (χ0v) is 8.02. The Kier molecular flexibility index (Phi) is 1.97. The van der Waals surface area contributed by atoms with E-state index >= 15 is 0 Å². The van der Waals surface area contributed by atoms with Gasteiger partial charge in [-0.2, -0.15) is 0 Å². The molecule has 0 aliphatic rings. The summed E-state index contributed by atoms with van der Waals surface area (Å²) in [5.41, 5.74) is 3.77. The van der Waals surface area contributed by atoms with Crippen molar-refractivity contribution < 1.29 is 0 Å². The summed E-state index contributed by atoms with van der Waals surface area (Å²) in [6.45, 7) is 2.18. The summed E-state index contributed by atoms with van der Waals surface area (Å²) in [5, 5.41) is 4.47. The fraction of sp³-hybridized carbons (Fsp3) is 0.273. The number of hydrogen-bond donors (Lipinski definition) is 2. The van der Waals surface area contributed by atoms with E-state index in [0.29, 0.717) is 0 Å². The number of rotatable bonds is 2. The summed E-state index contributed by atoms with van der Waals surface area (Å²) in [6, 6.07) is 6.38. The lowest BCUT2D eigenvalue weighted by Crippen LogP contribution is -1.86. The lowest BCUT2D eigenvalue weighted by molar-refractivity contribution is 1.15. The van der Waals surface area contributed by atoms with E-state index < -0.39 is 0 Å². The van der Waals surface area contributed by atoms with Crippen LogP contribution in [0.2, 0.25) is 0 Å². The number of anilines is 1. The van der Waals surface area contributed by atoms with Gasteiger partial charge in [-0.25, -0.2) is 0 Å². The average molecular weight is 174 g/mol. The Bertz CT molecular complexity index is 415. The smallest absolute Gasteiger partial charge is 0.0458 e. The number of aryl methyl sites for hydroxylation is 1. The fourth-order valence-electron chi connectivity index (χ4n) is 1.63. The maximum absolute atomic E-state index is 3.26.